The molecule has 3 aromatic carbocycles. The van der Waals surface area contributed by atoms with Gasteiger partial charge in [0.15, 0.2) is 11.5 Å². The zero-order chi connectivity index (χ0) is 21.8. The van der Waals surface area contributed by atoms with Crippen molar-refractivity contribution in [1.29, 1.82) is 0 Å². The van der Waals surface area contributed by atoms with Crippen molar-refractivity contribution in [3.05, 3.63) is 94.4 Å². The van der Waals surface area contributed by atoms with Crippen LogP contribution in [0.4, 0.5) is 10.5 Å². The zero-order valence-electron chi connectivity index (χ0n) is 17.2. The number of methoxy groups -OCH3 is 1. The zero-order valence-corrected chi connectivity index (χ0v) is 18.0. The highest BCUT2D eigenvalue weighted by molar-refractivity contribution is 8.19. The summed E-state index contributed by atoms with van der Waals surface area (Å²) < 4.78 is 11.3. The molecule has 6 heteroatoms. The van der Waals surface area contributed by atoms with E-state index < -0.39 is 0 Å². The molecule has 0 saturated carbocycles. The average Bonchev–Trinajstić information content (AvgIpc) is 3.07. The van der Waals surface area contributed by atoms with Gasteiger partial charge >= 0.3 is 0 Å². The van der Waals surface area contributed by atoms with E-state index in [-0.39, 0.29) is 11.1 Å². The molecule has 0 spiro atoms. The summed E-state index contributed by atoms with van der Waals surface area (Å²) in [6, 6.07) is 22.6. The Labute approximate surface area is 185 Å². The maximum Gasteiger partial charge on any atom is 0.298 e. The van der Waals surface area contributed by atoms with Crippen LogP contribution in [-0.4, -0.2) is 18.3 Å². The highest BCUT2D eigenvalue weighted by Gasteiger charge is 2.36. The molecule has 0 unspecified atom stereocenters. The number of imide groups is 1. The molecule has 3 aromatic rings. The minimum absolute atomic E-state index is 0.310. The predicted molar refractivity (Wildman–Crippen MR) is 123 cm³/mol. The van der Waals surface area contributed by atoms with E-state index in [0.29, 0.717) is 28.7 Å². The first-order valence-corrected chi connectivity index (χ1v) is 10.6. The van der Waals surface area contributed by atoms with Gasteiger partial charge in [-0.3, -0.25) is 9.59 Å². The van der Waals surface area contributed by atoms with Gasteiger partial charge in [-0.15, -0.1) is 0 Å². The highest BCUT2D eigenvalue weighted by Crippen LogP contribution is 2.37. The van der Waals surface area contributed by atoms with Crippen LogP contribution in [-0.2, 0) is 11.4 Å². The lowest BCUT2D eigenvalue weighted by Crippen LogP contribution is -2.27. The summed E-state index contributed by atoms with van der Waals surface area (Å²) in [6.07, 6.45) is 1.70. The molecular formula is C25H21NO4S. The summed E-state index contributed by atoms with van der Waals surface area (Å²) >= 11 is 0.927. The van der Waals surface area contributed by atoms with E-state index in [4.69, 9.17) is 9.47 Å². The number of hydrogen-bond donors (Lipinski definition) is 0. The Hall–Kier alpha value is -3.51. The molecule has 0 N–H and O–H groups in total. The lowest BCUT2D eigenvalue weighted by molar-refractivity contribution is -0.113. The summed E-state index contributed by atoms with van der Waals surface area (Å²) in [5.41, 5.74) is 3.43. The Bertz CT molecular complexity index is 1140. The molecule has 0 aliphatic carbocycles. The summed E-state index contributed by atoms with van der Waals surface area (Å²) in [4.78, 5) is 26.9. The fraction of sp³-hybridized carbons (Fsp3) is 0.120. The van der Waals surface area contributed by atoms with Crippen molar-refractivity contribution in [2.75, 3.05) is 12.0 Å². The molecule has 1 saturated heterocycles. The minimum atomic E-state index is -0.331. The highest BCUT2D eigenvalue weighted by atomic mass is 32.2. The van der Waals surface area contributed by atoms with Crippen molar-refractivity contribution < 1.29 is 19.1 Å². The van der Waals surface area contributed by atoms with E-state index in [1.54, 1.807) is 37.5 Å². The number of hydrogen-bond acceptors (Lipinski definition) is 5. The van der Waals surface area contributed by atoms with Gasteiger partial charge in [-0.05, 0) is 60.2 Å². The summed E-state index contributed by atoms with van der Waals surface area (Å²) in [6.45, 7) is 2.38. The van der Waals surface area contributed by atoms with Crippen LogP contribution in [0.1, 0.15) is 16.7 Å². The van der Waals surface area contributed by atoms with Gasteiger partial charge in [-0.1, -0.05) is 54.1 Å². The largest absolute Gasteiger partial charge is 0.493 e. The van der Waals surface area contributed by atoms with Gasteiger partial charge in [0.25, 0.3) is 11.1 Å². The molecule has 0 radical (unpaired) electrons. The summed E-state index contributed by atoms with van der Waals surface area (Å²) in [5, 5.41) is -0.310. The van der Waals surface area contributed by atoms with Crippen LogP contribution >= 0.6 is 11.8 Å². The SMILES string of the molecule is COc1cc(C=C2SC(=O)N(c3ccc(C)cc3)C2=O)ccc1OCc1ccccc1. The fourth-order valence-corrected chi connectivity index (χ4v) is 4.01. The standard InChI is InChI=1S/C25H21NO4S/c1-17-8-11-20(12-9-17)26-24(27)23(31-25(26)28)15-19-10-13-21(22(14-19)29-2)30-16-18-6-4-3-5-7-18/h3-15H,16H2,1-2H3. The first-order valence-electron chi connectivity index (χ1n) is 9.74. The van der Waals surface area contributed by atoms with Crippen LogP contribution in [0.5, 0.6) is 11.5 Å². The third-order valence-corrected chi connectivity index (χ3v) is 5.68. The van der Waals surface area contributed by atoms with Gasteiger partial charge in [0.2, 0.25) is 0 Å². The molecule has 0 bridgehead atoms. The number of benzene rings is 3. The molecule has 1 aliphatic rings. The first-order chi connectivity index (χ1) is 15.0. The Balaban J connectivity index is 1.53. The molecule has 156 valence electrons. The third-order valence-electron chi connectivity index (χ3n) is 4.81. The molecular weight excluding hydrogens is 410 g/mol. The van der Waals surface area contributed by atoms with Crippen LogP contribution in [0.3, 0.4) is 0 Å². The number of amides is 2. The quantitative estimate of drug-likeness (QED) is 0.460. The third kappa shape index (κ3) is 4.64. The van der Waals surface area contributed by atoms with E-state index >= 15 is 0 Å². The number of carbonyl (C=O) groups is 2. The van der Waals surface area contributed by atoms with Crippen molar-refractivity contribution in [2.45, 2.75) is 13.5 Å². The monoisotopic (exact) mass is 431 g/mol. The van der Waals surface area contributed by atoms with Gasteiger partial charge in [0, 0.05) is 0 Å². The average molecular weight is 432 g/mol. The second kappa shape index (κ2) is 9.10. The molecule has 5 nitrogen and oxygen atoms in total. The van der Waals surface area contributed by atoms with E-state index in [1.807, 2.05) is 55.5 Å². The van der Waals surface area contributed by atoms with Crippen LogP contribution < -0.4 is 14.4 Å². The second-order valence-corrected chi connectivity index (χ2v) is 8.03. The van der Waals surface area contributed by atoms with Crippen LogP contribution in [0.25, 0.3) is 6.08 Å². The Morgan fingerprint density at radius 2 is 1.68 bits per heavy atom. The maximum atomic E-state index is 12.8. The second-order valence-electron chi connectivity index (χ2n) is 7.04. The van der Waals surface area contributed by atoms with Crippen LogP contribution in [0.2, 0.25) is 0 Å². The normalized spacial score (nSPS) is 14.9. The van der Waals surface area contributed by atoms with Crippen molar-refractivity contribution in [3.63, 3.8) is 0 Å². The Morgan fingerprint density at radius 3 is 2.39 bits per heavy atom. The van der Waals surface area contributed by atoms with E-state index in [0.717, 1.165) is 28.5 Å². The van der Waals surface area contributed by atoms with Gasteiger partial charge in [-0.25, -0.2) is 4.90 Å². The van der Waals surface area contributed by atoms with Crippen LogP contribution in [0, 0.1) is 6.92 Å². The van der Waals surface area contributed by atoms with Crippen molar-refractivity contribution in [2.24, 2.45) is 0 Å². The lowest BCUT2D eigenvalue weighted by Gasteiger charge is -2.12. The lowest BCUT2D eigenvalue weighted by atomic mass is 10.1. The van der Waals surface area contributed by atoms with Crippen LogP contribution in [0.15, 0.2) is 77.7 Å². The number of nitrogens with zero attached hydrogens (tertiary/aromatic N) is 1. The molecule has 31 heavy (non-hydrogen) atoms. The summed E-state index contributed by atoms with van der Waals surface area (Å²) in [5.74, 6) is 0.834. The Morgan fingerprint density at radius 1 is 0.935 bits per heavy atom. The molecule has 1 heterocycles. The van der Waals surface area contributed by atoms with E-state index in [2.05, 4.69) is 0 Å². The number of ether oxygens (including phenoxy) is 2. The predicted octanol–water partition coefficient (Wildman–Crippen LogP) is 5.82. The van der Waals surface area contributed by atoms with Gasteiger partial charge in [0.05, 0.1) is 17.7 Å². The smallest absolute Gasteiger partial charge is 0.298 e. The fourth-order valence-electron chi connectivity index (χ4n) is 3.16. The molecule has 0 aromatic heterocycles. The first kappa shape index (κ1) is 20.8. The summed E-state index contributed by atoms with van der Waals surface area (Å²) in [7, 11) is 1.57. The van der Waals surface area contributed by atoms with Crippen molar-refractivity contribution in [3.8, 4) is 11.5 Å². The molecule has 1 fully saturated rings. The molecule has 4 rings (SSSR count). The van der Waals surface area contributed by atoms with Crippen molar-refractivity contribution >= 4 is 34.7 Å². The number of thioether (sulfide) groups is 1. The number of rotatable bonds is 6. The number of carbonyl (C=O) groups excluding carboxylic acids is 2. The topological polar surface area (TPSA) is 55.8 Å². The van der Waals surface area contributed by atoms with E-state index in [9.17, 15) is 9.59 Å². The van der Waals surface area contributed by atoms with Gasteiger partial charge in [0.1, 0.15) is 6.61 Å². The minimum Gasteiger partial charge on any atom is -0.493 e. The van der Waals surface area contributed by atoms with Gasteiger partial charge < -0.3 is 9.47 Å². The molecule has 2 amide bonds. The van der Waals surface area contributed by atoms with Gasteiger partial charge in [-0.2, -0.15) is 0 Å². The molecule has 0 atom stereocenters. The number of aryl methyl sites for hydroxylation is 1. The maximum absolute atomic E-state index is 12.8. The van der Waals surface area contributed by atoms with Crippen molar-refractivity contribution in [1.82, 2.24) is 0 Å². The van der Waals surface area contributed by atoms with E-state index in [1.165, 1.54) is 4.90 Å². The molecule has 1 aliphatic heterocycles. The number of anilines is 1. The Kier molecular flexibility index (Phi) is 6.09.